The fourth-order valence-corrected chi connectivity index (χ4v) is 0.340. The highest BCUT2D eigenvalue weighted by molar-refractivity contribution is 4.94. The first-order valence-electron chi connectivity index (χ1n) is 1.73. The molecule has 1 heterocycles. The van der Waals surface area contributed by atoms with Crippen molar-refractivity contribution in [3.8, 4) is 0 Å². The molecule has 0 aliphatic carbocycles. The lowest BCUT2D eigenvalue weighted by molar-refractivity contribution is 1.06. The topological polar surface area (TPSA) is 12.0 Å². The van der Waals surface area contributed by atoms with Crippen LogP contribution in [0.3, 0.4) is 0 Å². The molecule has 0 atom stereocenters. The molecule has 0 aromatic heterocycles. The Balaban J connectivity index is 2.32. The molecular weight excluding hydrogens is 62.1 g/mol. The molecule has 1 nitrogen and oxygen atoms in total. The highest BCUT2D eigenvalue weighted by Crippen LogP contribution is 1.90. The van der Waals surface area contributed by atoms with Gasteiger partial charge < -0.3 is 5.32 Å². The maximum absolute atomic E-state index is 2.92. The van der Waals surface area contributed by atoms with E-state index in [1.807, 2.05) is 12.7 Å². The third-order valence-electron chi connectivity index (χ3n) is 0.586. The minimum absolute atomic E-state index is 1.08. The van der Waals surface area contributed by atoms with Gasteiger partial charge >= 0.3 is 0 Å². The van der Waals surface area contributed by atoms with Crippen LogP contribution < -0.4 is 5.32 Å². The lowest BCUT2D eigenvalue weighted by Crippen LogP contribution is -1.88. The summed E-state index contributed by atoms with van der Waals surface area (Å²) in [6.07, 6.45) is 5.08. The summed E-state index contributed by atoms with van der Waals surface area (Å²) in [6, 6.07) is 0. The van der Waals surface area contributed by atoms with Gasteiger partial charge in [0.1, 0.15) is 0 Å². The predicted molar refractivity (Wildman–Crippen MR) is 21.2 cm³/mol. The molecule has 0 unspecified atom stereocenters. The minimum atomic E-state index is 1.08. The van der Waals surface area contributed by atoms with Crippen molar-refractivity contribution in [1.29, 1.82) is 0 Å². The van der Waals surface area contributed by atoms with Crippen LogP contribution in [0.4, 0.5) is 0 Å². The van der Waals surface area contributed by atoms with Crippen LogP contribution in [-0.2, 0) is 0 Å². The average molecular weight is 68.1 g/mol. The SMILES string of the molecule is [CH]1CC=CN1. The van der Waals surface area contributed by atoms with Crippen molar-refractivity contribution >= 4 is 0 Å². The molecule has 0 fully saturated rings. The van der Waals surface area contributed by atoms with Crippen LogP contribution in [0.15, 0.2) is 12.3 Å². The number of hydrogen-bond donors (Lipinski definition) is 1. The standard InChI is InChI=1S/C4H6N/c1-2-4-5-3-1/h1,3-5H,2H2. The average Bonchev–Trinajstić information content (AvgIpc) is 1.76. The summed E-state index contributed by atoms with van der Waals surface area (Å²) in [7, 11) is 0. The monoisotopic (exact) mass is 68.1 g/mol. The van der Waals surface area contributed by atoms with E-state index >= 15 is 0 Å². The summed E-state index contributed by atoms with van der Waals surface area (Å²) in [5.74, 6) is 0. The summed E-state index contributed by atoms with van der Waals surface area (Å²) in [4.78, 5) is 0. The summed E-state index contributed by atoms with van der Waals surface area (Å²) >= 11 is 0. The van der Waals surface area contributed by atoms with Crippen LogP contribution in [0.5, 0.6) is 0 Å². The quantitative estimate of drug-likeness (QED) is 0.439. The van der Waals surface area contributed by atoms with Crippen molar-refractivity contribution in [2.45, 2.75) is 6.42 Å². The van der Waals surface area contributed by atoms with Gasteiger partial charge in [0, 0.05) is 6.54 Å². The lowest BCUT2D eigenvalue weighted by atomic mass is 10.5. The van der Waals surface area contributed by atoms with E-state index in [4.69, 9.17) is 0 Å². The Morgan fingerprint density at radius 2 is 2.60 bits per heavy atom. The van der Waals surface area contributed by atoms with E-state index in [-0.39, 0.29) is 0 Å². The zero-order valence-corrected chi connectivity index (χ0v) is 2.94. The second-order valence-corrected chi connectivity index (χ2v) is 1.01. The number of nitrogens with one attached hydrogen (secondary N) is 1. The Kier molecular flexibility index (Phi) is 0.612. The highest BCUT2D eigenvalue weighted by Gasteiger charge is 1.82. The predicted octanol–water partition coefficient (Wildman–Crippen LogP) is 0.655. The van der Waals surface area contributed by atoms with Gasteiger partial charge in [-0.25, -0.2) is 0 Å². The second-order valence-electron chi connectivity index (χ2n) is 1.01. The largest absolute Gasteiger partial charge is 0.386 e. The van der Waals surface area contributed by atoms with Gasteiger partial charge in [0.05, 0.1) is 0 Å². The van der Waals surface area contributed by atoms with Gasteiger partial charge in [-0.2, -0.15) is 0 Å². The minimum Gasteiger partial charge on any atom is -0.386 e. The first-order chi connectivity index (χ1) is 2.50. The second kappa shape index (κ2) is 1.11. The Hall–Kier alpha value is -0.460. The lowest BCUT2D eigenvalue weighted by Gasteiger charge is -1.76. The summed E-state index contributed by atoms with van der Waals surface area (Å²) < 4.78 is 0. The molecule has 5 heavy (non-hydrogen) atoms. The molecule has 1 radical (unpaired) electrons. The van der Waals surface area contributed by atoms with Gasteiger partial charge in [0.25, 0.3) is 0 Å². The van der Waals surface area contributed by atoms with Crippen LogP contribution in [0, 0.1) is 6.54 Å². The van der Waals surface area contributed by atoms with Crippen molar-refractivity contribution < 1.29 is 0 Å². The third kappa shape index (κ3) is 0.407. The smallest absolute Gasteiger partial charge is 0.0495 e. The molecule has 0 bridgehead atoms. The zero-order valence-electron chi connectivity index (χ0n) is 2.94. The number of rotatable bonds is 0. The van der Waals surface area contributed by atoms with Crippen LogP contribution in [-0.4, -0.2) is 0 Å². The molecule has 1 heteroatoms. The van der Waals surface area contributed by atoms with E-state index in [1.165, 1.54) is 0 Å². The molecular formula is C4H6N. The van der Waals surface area contributed by atoms with E-state index in [1.54, 1.807) is 0 Å². The fourth-order valence-electron chi connectivity index (χ4n) is 0.340. The van der Waals surface area contributed by atoms with E-state index in [2.05, 4.69) is 11.4 Å². The van der Waals surface area contributed by atoms with Gasteiger partial charge in [0.2, 0.25) is 0 Å². The Labute approximate surface area is 31.7 Å². The van der Waals surface area contributed by atoms with Crippen molar-refractivity contribution in [3.63, 3.8) is 0 Å². The highest BCUT2D eigenvalue weighted by atomic mass is 14.8. The summed E-state index contributed by atoms with van der Waals surface area (Å²) in [5.41, 5.74) is 0. The molecule has 0 amide bonds. The van der Waals surface area contributed by atoms with Crippen molar-refractivity contribution in [2.24, 2.45) is 0 Å². The van der Waals surface area contributed by atoms with Crippen LogP contribution >= 0.6 is 0 Å². The van der Waals surface area contributed by atoms with Gasteiger partial charge in [-0.05, 0) is 12.6 Å². The van der Waals surface area contributed by atoms with E-state index in [0.717, 1.165) is 6.42 Å². The normalized spacial score (nSPS) is 19.2. The Bertz CT molecular complexity index is 41.6. The maximum atomic E-state index is 2.92. The van der Waals surface area contributed by atoms with Crippen molar-refractivity contribution in [1.82, 2.24) is 5.32 Å². The zero-order chi connectivity index (χ0) is 3.54. The molecule has 1 aliphatic rings. The van der Waals surface area contributed by atoms with E-state index < -0.39 is 0 Å². The first kappa shape index (κ1) is 2.76. The molecule has 0 spiro atoms. The summed E-state index contributed by atoms with van der Waals surface area (Å²) in [5, 5.41) is 2.92. The number of hydrogen-bond acceptors (Lipinski definition) is 1. The molecule has 1 rings (SSSR count). The van der Waals surface area contributed by atoms with Gasteiger partial charge in [-0.3, -0.25) is 0 Å². The third-order valence-corrected chi connectivity index (χ3v) is 0.586. The molecule has 0 aromatic rings. The summed E-state index contributed by atoms with van der Waals surface area (Å²) in [6.45, 7) is 2.00. The molecule has 0 aromatic carbocycles. The molecule has 0 saturated carbocycles. The van der Waals surface area contributed by atoms with Crippen LogP contribution in [0.2, 0.25) is 0 Å². The molecule has 27 valence electrons. The van der Waals surface area contributed by atoms with E-state index in [0.29, 0.717) is 0 Å². The van der Waals surface area contributed by atoms with Gasteiger partial charge in [-0.1, -0.05) is 6.08 Å². The Morgan fingerprint density at radius 1 is 1.60 bits per heavy atom. The molecule has 0 saturated heterocycles. The van der Waals surface area contributed by atoms with Gasteiger partial charge in [-0.15, -0.1) is 0 Å². The molecule has 1 aliphatic heterocycles. The van der Waals surface area contributed by atoms with Gasteiger partial charge in [0.15, 0.2) is 0 Å². The van der Waals surface area contributed by atoms with Crippen LogP contribution in [0.25, 0.3) is 0 Å². The van der Waals surface area contributed by atoms with E-state index in [9.17, 15) is 0 Å². The van der Waals surface area contributed by atoms with Crippen molar-refractivity contribution in [3.05, 3.63) is 18.8 Å². The Morgan fingerprint density at radius 3 is 2.80 bits per heavy atom. The maximum Gasteiger partial charge on any atom is 0.0495 e. The van der Waals surface area contributed by atoms with Crippen molar-refractivity contribution in [2.75, 3.05) is 0 Å². The van der Waals surface area contributed by atoms with Crippen LogP contribution in [0.1, 0.15) is 6.42 Å². The molecule has 1 N–H and O–H groups in total. The first-order valence-corrected chi connectivity index (χ1v) is 1.73. The fraction of sp³-hybridized carbons (Fsp3) is 0.250.